The van der Waals surface area contributed by atoms with Crippen molar-refractivity contribution in [3.63, 3.8) is 0 Å². The van der Waals surface area contributed by atoms with Crippen LogP contribution in [0.3, 0.4) is 0 Å². The number of ether oxygens (including phenoxy) is 1. The van der Waals surface area contributed by atoms with Crippen molar-refractivity contribution in [3.8, 4) is 5.75 Å². The van der Waals surface area contributed by atoms with Crippen molar-refractivity contribution >= 4 is 11.8 Å². The van der Waals surface area contributed by atoms with Crippen LogP contribution < -0.4 is 4.74 Å². The molecule has 1 atom stereocenters. The zero-order valence-electron chi connectivity index (χ0n) is 15.6. The number of fused-ring (bicyclic) bond motifs is 1. The zero-order valence-corrected chi connectivity index (χ0v) is 15.6. The van der Waals surface area contributed by atoms with Crippen molar-refractivity contribution < 1.29 is 23.1 Å². The largest absolute Gasteiger partial charge is 0.481 e. The van der Waals surface area contributed by atoms with Gasteiger partial charge in [0.1, 0.15) is 23.0 Å². The van der Waals surface area contributed by atoms with Gasteiger partial charge in [0.05, 0.1) is 17.7 Å². The molecule has 1 aliphatic rings. The first-order chi connectivity index (χ1) is 13.9. The molecule has 1 unspecified atom stereocenters. The maximum atomic E-state index is 13.9. The normalized spacial score (nSPS) is 15.2. The Labute approximate surface area is 166 Å². The second-order valence-corrected chi connectivity index (χ2v) is 7.04. The number of hydrogen-bond donors (Lipinski definition) is 0. The van der Waals surface area contributed by atoms with Gasteiger partial charge in [0.2, 0.25) is 0 Å². The molecule has 1 heterocycles. The highest BCUT2D eigenvalue weighted by Gasteiger charge is 2.42. The molecule has 0 aromatic heterocycles. The van der Waals surface area contributed by atoms with Gasteiger partial charge in [-0.3, -0.25) is 14.5 Å². The molecule has 4 nitrogen and oxygen atoms in total. The smallest absolute Gasteiger partial charge is 0.261 e. The summed E-state index contributed by atoms with van der Waals surface area (Å²) in [6.07, 6.45) is 0. The molecule has 0 aliphatic carbocycles. The van der Waals surface area contributed by atoms with Crippen molar-refractivity contribution in [1.82, 2.24) is 4.90 Å². The Bertz CT molecular complexity index is 1080. The average Bonchev–Trinajstić information content (AvgIpc) is 2.93. The minimum Gasteiger partial charge on any atom is -0.481 e. The fourth-order valence-electron chi connectivity index (χ4n) is 3.47. The molecule has 0 N–H and O–H groups in total. The number of carbonyl (C=O) groups is 2. The lowest BCUT2D eigenvalue weighted by atomic mass is 9.94. The Balaban J connectivity index is 1.73. The van der Waals surface area contributed by atoms with Gasteiger partial charge < -0.3 is 4.74 Å². The molecule has 0 spiro atoms. The summed E-state index contributed by atoms with van der Waals surface area (Å²) < 4.78 is 33.6. The third kappa shape index (κ3) is 3.49. The first-order valence-electron chi connectivity index (χ1n) is 9.03. The number of imide groups is 1. The maximum absolute atomic E-state index is 13.9. The van der Waals surface area contributed by atoms with E-state index in [-0.39, 0.29) is 12.3 Å². The predicted octanol–water partition coefficient (Wildman–Crippen LogP) is 4.56. The summed E-state index contributed by atoms with van der Waals surface area (Å²) >= 11 is 0. The Morgan fingerprint density at radius 3 is 2.00 bits per heavy atom. The number of carbonyl (C=O) groups excluding carboxylic acids is 2. The van der Waals surface area contributed by atoms with E-state index in [2.05, 4.69) is 0 Å². The van der Waals surface area contributed by atoms with E-state index in [9.17, 15) is 18.4 Å². The number of hydrogen-bond acceptors (Lipinski definition) is 3. The van der Waals surface area contributed by atoms with Crippen LogP contribution in [-0.2, 0) is 5.60 Å². The van der Waals surface area contributed by atoms with Gasteiger partial charge in [-0.1, -0.05) is 30.3 Å². The molecule has 0 radical (unpaired) electrons. The minimum absolute atomic E-state index is 0.167. The molecule has 4 rings (SSSR count). The highest BCUT2D eigenvalue weighted by atomic mass is 19.1. The molecule has 0 saturated heterocycles. The number of rotatable bonds is 5. The average molecular weight is 393 g/mol. The summed E-state index contributed by atoms with van der Waals surface area (Å²) in [7, 11) is 0. The van der Waals surface area contributed by atoms with Crippen LogP contribution in [0.1, 0.15) is 33.2 Å². The van der Waals surface area contributed by atoms with E-state index >= 15 is 0 Å². The molecule has 0 fully saturated rings. The maximum Gasteiger partial charge on any atom is 0.261 e. The zero-order chi connectivity index (χ0) is 20.6. The van der Waals surface area contributed by atoms with Crippen LogP contribution in [0.5, 0.6) is 5.75 Å². The molecule has 0 saturated carbocycles. The van der Waals surface area contributed by atoms with E-state index in [4.69, 9.17) is 4.74 Å². The predicted molar refractivity (Wildman–Crippen MR) is 103 cm³/mol. The van der Waals surface area contributed by atoms with Crippen LogP contribution in [0.15, 0.2) is 72.8 Å². The quantitative estimate of drug-likeness (QED) is 0.597. The van der Waals surface area contributed by atoms with Crippen LogP contribution in [0.2, 0.25) is 0 Å². The fourth-order valence-corrected chi connectivity index (χ4v) is 3.47. The molecular formula is C23H17F2NO3. The van der Waals surface area contributed by atoms with Gasteiger partial charge in [-0.2, -0.15) is 0 Å². The number of benzene rings is 3. The summed E-state index contributed by atoms with van der Waals surface area (Å²) in [5.74, 6) is -1.68. The Hall–Kier alpha value is -3.54. The molecule has 1 aliphatic heterocycles. The van der Waals surface area contributed by atoms with Gasteiger partial charge in [-0.25, -0.2) is 8.78 Å². The summed E-state index contributed by atoms with van der Waals surface area (Å²) in [6.45, 7) is 1.47. The van der Waals surface area contributed by atoms with Crippen molar-refractivity contribution in [2.24, 2.45) is 0 Å². The second kappa shape index (κ2) is 7.13. The Morgan fingerprint density at radius 1 is 0.828 bits per heavy atom. The van der Waals surface area contributed by atoms with E-state index in [0.717, 1.165) is 4.90 Å². The van der Waals surface area contributed by atoms with Crippen LogP contribution >= 0.6 is 0 Å². The van der Waals surface area contributed by atoms with Gasteiger partial charge in [0.15, 0.2) is 0 Å². The number of amides is 2. The minimum atomic E-state index is -1.30. The van der Waals surface area contributed by atoms with Gasteiger partial charge >= 0.3 is 0 Å². The fraction of sp³-hybridized carbons (Fsp3) is 0.130. The highest BCUT2D eigenvalue weighted by Crippen LogP contribution is 2.33. The molecule has 29 heavy (non-hydrogen) atoms. The van der Waals surface area contributed by atoms with Crippen LogP contribution in [-0.4, -0.2) is 23.3 Å². The summed E-state index contributed by atoms with van der Waals surface area (Å²) in [5, 5.41) is 0. The summed E-state index contributed by atoms with van der Waals surface area (Å²) in [5.41, 5.74) is -0.267. The molecule has 2 amide bonds. The van der Waals surface area contributed by atoms with Crippen LogP contribution in [0, 0.1) is 11.6 Å². The first kappa shape index (κ1) is 18.8. The van der Waals surface area contributed by atoms with E-state index in [1.807, 2.05) is 0 Å². The molecule has 6 heteroatoms. The second-order valence-electron chi connectivity index (χ2n) is 7.04. The topological polar surface area (TPSA) is 46.6 Å². The van der Waals surface area contributed by atoms with E-state index in [1.165, 1.54) is 36.4 Å². The third-order valence-electron chi connectivity index (χ3n) is 4.91. The SMILES string of the molecule is CC(CN1C(=O)c2ccccc2C1=O)(Oc1cccc(F)c1)c1cccc(F)c1. The first-order valence-corrected chi connectivity index (χ1v) is 9.03. The van der Waals surface area contributed by atoms with Crippen molar-refractivity contribution in [3.05, 3.63) is 101 Å². The van der Waals surface area contributed by atoms with Gasteiger partial charge in [0.25, 0.3) is 11.8 Å². The standard InChI is InChI=1S/C23H17F2NO3/c1-23(15-6-4-7-16(24)12-15,29-18-9-5-8-17(25)13-18)14-26-21(27)19-10-2-3-11-20(19)22(26)28/h2-13H,14H2,1H3. The van der Waals surface area contributed by atoms with Crippen molar-refractivity contribution in [2.45, 2.75) is 12.5 Å². The third-order valence-corrected chi connectivity index (χ3v) is 4.91. The Morgan fingerprint density at radius 2 is 1.41 bits per heavy atom. The molecule has 146 valence electrons. The van der Waals surface area contributed by atoms with Gasteiger partial charge in [-0.05, 0) is 48.9 Å². The number of halogens is 2. The van der Waals surface area contributed by atoms with Crippen LogP contribution in [0.25, 0.3) is 0 Å². The lowest BCUT2D eigenvalue weighted by Gasteiger charge is -2.34. The van der Waals surface area contributed by atoms with Crippen molar-refractivity contribution in [2.75, 3.05) is 6.54 Å². The summed E-state index contributed by atoms with van der Waals surface area (Å²) in [4.78, 5) is 26.7. The lowest BCUT2D eigenvalue weighted by Crippen LogP contribution is -2.45. The molecule has 3 aromatic rings. The molecular weight excluding hydrogens is 376 g/mol. The molecule has 3 aromatic carbocycles. The van der Waals surface area contributed by atoms with E-state index in [0.29, 0.717) is 16.7 Å². The molecule has 0 bridgehead atoms. The number of nitrogens with zero attached hydrogens (tertiary/aromatic N) is 1. The van der Waals surface area contributed by atoms with E-state index in [1.54, 1.807) is 43.3 Å². The lowest BCUT2D eigenvalue weighted by molar-refractivity contribution is 0.0317. The van der Waals surface area contributed by atoms with E-state index < -0.39 is 29.0 Å². The van der Waals surface area contributed by atoms with Crippen LogP contribution in [0.4, 0.5) is 8.78 Å². The monoisotopic (exact) mass is 393 g/mol. The van der Waals surface area contributed by atoms with Crippen molar-refractivity contribution in [1.29, 1.82) is 0 Å². The van der Waals surface area contributed by atoms with Gasteiger partial charge in [0, 0.05) is 6.07 Å². The Kier molecular flexibility index (Phi) is 4.62. The van der Waals surface area contributed by atoms with Gasteiger partial charge in [-0.15, -0.1) is 0 Å². The highest BCUT2D eigenvalue weighted by molar-refractivity contribution is 6.21. The summed E-state index contributed by atoms with van der Waals surface area (Å²) in [6, 6.07) is 17.8.